The highest BCUT2D eigenvalue weighted by molar-refractivity contribution is 5.76. The number of rotatable bonds is 6. The first-order valence-corrected chi connectivity index (χ1v) is 9.68. The third kappa shape index (κ3) is 7.66. The number of ether oxygens (including phenoxy) is 3. The maximum Gasteiger partial charge on any atom is 0.410 e. The van der Waals surface area contributed by atoms with Gasteiger partial charge in [0.15, 0.2) is 0 Å². The van der Waals surface area contributed by atoms with Gasteiger partial charge in [-0.05, 0) is 55.6 Å². The molecule has 1 heterocycles. The summed E-state index contributed by atoms with van der Waals surface area (Å²) in [6.07, 6.45) is -0.540. The van der Waals surface area contributed by atoms with Gasteiger partial charge in [0.05, 0.1) is 23.4 Å². The summed E-state index contributed by atoms with van der Waals surface area (Å²) in [6.45, 7) is 11.8. The fourth-order valence-corrected chi connectivity index (χ4v) is 2.46. The van der Waals surface area contributed by atoms with Crippen LogP contribution in [0.5, 0.6) is 0 Å². The summed E-state index contributed by atoms with van der Waals surface area (Å²) in [4.78, 5) is 40.2. The molecular formula is C20H36N2O6. The minimum absolute atomic E-state index is 0.0441. The number of hydrogen-bond acceptors (Lipinski definition) is 7. The third-order valence-electron chi connectivity index (χ3n) is 4.28. The van der Waals surface area contributed by atoms with Gasteiger partial charge in [-0.2, -0.15) is 0 Å². The van der Waals surface area contributed by atoms with Gasteiger partial charge in [-0.3, -0.25) is 14.5 Å². The van der Waals surface area contributed by atoms with Crippen LogP contribution in [0.2, 0.25) is 0 Å². The van der Waals surface area contributed by atoms with Gasteiger partial charge in [0, 0.05) is 13.0 Å². The van der Waals surface area contributed by atoms with Crippen LogP contribution in [0.4, 0.5) is 4.79 Å². The molecule has 0 N–H and O–H groups in total. The molecule has 162 valence electrons. The normalized spacial score (nSPS) is 20.2. The summed E-state index contributed by atoms with van der Waals surface area (Å²) in [5.74, 6) is -0.672. The molecule has 1 amide bonds. The van der Waals surface area contributed by atoms with Crippen molar-refractivity contribution < 1.29 is 28.6 Å². The Morgan fingerprint density at radius 2 is 1.54 bits per heavy atom. The first-order chi connectivity index (χ1) is 12.7. The van der Waals surface area contributed by atoms with Crippen molar-refractivity contribution in [1.82, 2.24) is 9.80 Å². The smallest absolute Gasteiger partial charge is 0.410 e. The molecule has 1 aliphatic heterocycles. The fourth-order valence-electron chi connectivity index (χ4n) is 2.46. The number of amides is 1. The Bertz CT molecular complexity index is 562. The van der Waals surface area contributed by atoms with E-state index >= 15 is 0 Å². The van der Waals surface area contributed by atoms with Gasteiger partial charge >= 0.3 is 18.0 Å². The van der Waals surface area contributed by atoms with Gasteiger partial charge in [-0.1, -0.05) is 0 Å². The monoisotopic (exact) mass is 400 g/mol. The van der Waals surface area contributed by atoms with Gasteiger partial charge in [-0.15, -0.1) is 0 Å². The van der Waals surface area contributed by atoms with Gasteiger partial charge in [0.25, 0.3) is 0 Å². The largest absolute Gasteiger partial charge is 0.463 e. The number of likely N-dealkylation sites (tertiary alicyclic amines) is 1. The molecule has 2 atom stereocenters. The summed E-state index contributed by atoms with van der Waals surface area (Å²) in [5, 5.41) is 0. The molecule has 0 spiro atoms. The summed E-state index contributed by atoms with van der Waals surface area (Å²) in [6, 6.07) is -0.393. The number of esters is 2. The Labute approximate surface area is 168 Å². The maximum atomic E-state index is 12.5. The number of nitrogens with zero attached hydrogens (tertiary/aromatic N) is 2. The highest BCUT2D eigenvalue weighted by atomic mass is 16.6. The van der Waals surface area contributed by atoms with E-state index in [1.165, 1.54) is 4.90 Å². The molecular weight excluding hydrogens is 364 g/mol. The molecule has 1 fully saturated rings. The summed E-state index contributed by atoms with van der Waals surface area (Å²) in [7, 11) is 3.78. The molecule has 0 bridgehead atoms. The topological polar surface area (TPSA) is 85.4 Å². The van der Waals surface area contributed by atoms with Crippen LogP contribution in [-0.4, -0.2) is 80.4 Å². The van der Waals surface area contributed by atoms with E-state index in [0.29, 0.717) is 13.0 Å². The maximum absolute atomic E-state index is 12.5. The van der Waals surface area contributed by atoms with Crippen LogP contribution in [0.1, 0.15) is 48.0 Å². The van der Waals surface area contributed by atoms with Crippen molar-refractivity contribution in [2.24, 2.45) is 10.8 Å². The molecule has 0 aromatic rings. The number of likely N-dealkylation sites (N-methyl/N-ethyl adjacent to an activating group) is 1. The highest BCUT2D eigenvalue weighted by Crippen LogP contribution is 2.26. The van der Waals surface area contributed by atoms with Crippen LogP contribution in [0.3, 0.4) is 0 Å². The van der Waals surface area contributed by atoms with E-state index in [1.807, 2.05) is 19.0 Å². The average molecular weight is 401 g/mol. The van der Waals surface area contributed by atoms with Crippen molar-refractivity contribution >= 4 is 18.0 Å². The quantitative estimate of drug-likeness (QED) is 0.499. The number of hydrogen-bond donors (Lipinski definition) is 0. The zero-order valence-corrected chi connectivity index (χ0v) is 18.5. The van der Waals surface area contributed by atoms with Crippen molar-refractivity contribution in [3.8, 4) is 0 Å². The molecule has 0 saturated carbocycles. The molecule has 8 nitrogen and oxygen atoms in total. The SMILES string of the molecule is CN(C)CCOC(=O)N1C[C@H](OC(=O)C(C)(C)C)C[C@@H]1COC(=O)C(C)(C)C. The molecule has 1 saturated heterocycles. The van der Waals surface area contributed by atoms with E-state index in [9.17, 15) is 14.4 Å². The average Bonchev–Trinajstić information content (AvgIpc) is 2.93. The fraction of sp³-hybridized carbons (Fsp3) is 0.850. The molecule has 0 aromatic heterocycles. The van der Waals surface area contributed by atoms with Gasteiger partial charge in [0.2, 0.25) is 0 Å². The van der Waals surface area contributed by atoms with Crippen LogP contribution in [0.15, 0.2) is 0 Å². The van der Waals surface area contributed by atoms with E-state index in [2.05, 4.69) is 0 Å². The predicted octanol–water partition coefficient (Wildman–Crippen LogP) is 2.31. The second-order valence-electron chi connectivity index (χ2n) is 9.59. The summed E-state index contributed by atoms with van der Waals surface area (Å²) >= 11 is 0. The van der Waals surface area contributed by atoms with E-state index in [4.69, 9.17) is 14.2 Å². The molecule has 1 rings (SSSR count). The molecule has 1 aliphatic rings. The molecule has 0 aliphatic carbocycles. The van der Waals surface area contributed by atoms with Crippen LogP contribution >= 0.6 is 0 Å². The van der Waals surface area contributed by atoms with Crippen LogP contribution in [0.25, 0.3) is 0 Å². The van der Waals surface area contributed by atoms with Gasteiger partial charge in [-0.25, -0.2) is 4.79 Å². The summed E-state index contributed by atoms with van der Waals surface area (Å²) in [5.41, 5.74) is -1.26. The lowest BCUT2D eigenvalue weighted by atomic mass is 9.97. The minimum Gasteiger partial charge on any atom is -0.463 e. The van der Waals surface area contributed by atoms with Crippen molar-refractivity contribution in [2.75, 3.05) is 40.4 Å². The molecule has 8 heteroatoms. The van der Waals surface area contributed by atoms with E-state index < -0.39 is 29.1 Å². The molecule has 28 heavy (non-hydrogen) atoms. The zero-order chi connectivity index (χ0) is 21.7. The second kappa shape index (κ2) is 9.58. The Balaban J connectivity index is 2.77. The highest BCUT2D eigenvalue weighted by Gasteiger charge is 2.40. The predicted molar refractivity (Wildman–Crippen MR) is 105 cm³/mol. The van der Waals surface area contributed by atoms with Crippen molar-refractivity contribution in [2.45, 2.75) is 60.1 Å². The first kappa shape index (κ1) is 24.2. The minimum atomic E-state index is -0.631. The second-order valence-corrected chi connectivity index (χ2v) is 9.59. The lowest BCUT2D eigenvalue weighted by molar-refractivity contribution is -0.158. The van der Waals surface area contributed by atoms with E-state index in [0.717, 1.165) is 0 Å². The zero-order valence-electron chi connectivity index (χ0n) is 18.5. The standard InChI is InChI=1S/C20H36N2O6/c1-19(2,3)16(23)27-13-14-11-15(28-17(24)20(4,5)6)12-22(14)18(25)26-10-9-21(7)8/h14-15H,9-13H2,1-8H3/t14-,15-/m1/s1. The van der Waals surface area contributed by atoms with E-state index in [1.54, 1.807) is 41.5 Å². The first-order valence-electron chi connectivity index (χ1n) is 9.68. The number of carbonyl (C=O) groups excluding carboxylic acids is 3. The van der Waals surface area contributed by atoms with Crippen LogP contribution in [0, 0.1) is 10.8 Å². The lowest BCUT2D eigenvalue weighted by Crippen LogP contribution is -2.41. The molecule has 0 aromatic carbocycles. The van der Waals surface area contributed by atoms with Crippen molar-refractivity contribution in [3.05, 3.63) is 0 Å². The summed E-state index contributed by atoms with van der Waals surface area (Å²) < 4.78 is 16.3. The number of carbonyl (C=O) groups is 3. The Morgan fingerprint density at radius 3 is 2.04 bits per heavy atom. The third-order valence-corrected chi connectivity index (χ3v) is 4.28. The van der Waals surface area contributed by atoms with Crippen LogP contribution in [-0.2, 0) is 23.8 Å². The van der Waals surface area contributed by atoms with Gasteiger partial charge in [0.1, 0.15) is 19.3 Å². The van der Waals surface area contributed by atoms with Crippen molar-refractivity contribution in [3.63, 3.8) is 0 Å². The Hall–Kier alpha value is -1.83. The Morgan fingerprint density at radius 1 is 0.964 bits per heavy atom. The van der Waals surface area contributed by atoms with E-state index in [-0.39, 0.29) is 31.7 Å². The van der Waals surface area contributed by atoms with Crippen LogP contribution < -0.4 is 0 Å². The molecule has 0 radical (unpaired) electrons. The molecule has 0 unspecified atom stereocenters. The lowest BCUT2D eigenvalue weighted by Gasteiger charge is -2.25. The van der Waals surface area contributed by atoms with Crippen molar-refractivity contribution in [1.29, 1.82) is 0 Å². The Kier molecular flexibility index (Phi) is 8.29. The van der Waals surface area contributed by atoms with Gasteiger partial charge < -0.3 is 19.1 Å².